The second-order valence-corrected chi connectivity index (χ2v) is 7.42. The highest BCUT2D eigenvalue weighted by atomic mass is 35.5. The van der Waals surface area contributed by atoms with E-state index in [-0.39, 0.29) is 16.7 Å². The molecule has 0 radical (unpaired) electrons. The topological polar surface area (TPSA) is 73.9 Å². The van der Waals surface area contributed by atoms with Crippen molar-refractivity contribution in [3.8, 4) is 11.5 Å². The molecular formula is C22H26ClNO5. The minimum atomic E-state index is -1.00. The van der Waals surface area contributed by atoms with Crippen LogP contribution in [0.2, 0.25) is 5.02 Å². The summed E-state index contributed by atoms with van der Waals surface area (Å²) < 4.78 is 16.2. The number of halogens is 1. The molecule has 6 nitrogen and oxygen atoms in total. The van der Waals surface area contributed by atoms with Crippen LogP contribution in [0.4, 0.5) is 5.69 Å². The molecule has 0 aliphatic rings. The Morgan fingerprint density at radius 1 is 1.07 bits per heavy atom. The fraction of sp³-hybridized carbons (Fsp3) is 0.364. The van der Waals surface area contributed by atoms with Gasteiger partial charge in [-0.2, -0.15) is 0 Å². The first-order chi connectivity index (χ1) is 13.6. The number of esters is 1. The molecule has 156 valence electrons. The van der Waals surface area contributed by atoms with Crippen LogP contribution in [-0.4, -0.2) is 31.2 Å². The summed E-state index contributed by atoms with van der Waals surface area (Å²) in [6, 6.07) is 8.63. The van der Waals surface area contributed by atoms with Crippen LogP contribution in [0.5, 0.6) is 11.5 Å². The second-order valence-electron chi connectivity index (χ2n) is 7.01. The van der Waals surface area contributed by atoms with E-state index in [4.69, 9.17) is 25.8 Å². The molecule has 0 saturated heterocycles. The summed E-state index contributed by atoms with van der Waals surface area (Å²) in [6.07, 6.45) is -1.12. The monoisotopic (exact) mass is 419 g/mol. The Kier molecular flexibility index (Phi) is 7.51. The van der Waals surface area contributed by atoms with Gasteiger partial charge in [0.2, 0.25) is 0 Å². The number of hydrogen-bond donors (Lipinski definition) is 1. The molecule has 0 aliphatic carbocycles. The number of carbonyl (C=O) groups excluding carboxylic acids is 2. The normalized spacial score (nSPS) is 11.7. The highest BCUT2D eigenvalue weighted by Gasteiger charge is 2.22. The molecule has 0 fully saturated rings. The van der Waals surface area contributed by atoms with E-state index in [0.29, 0.717) is 17.2 Å². The molecule has 0 aliphatic heterocycles. The van der Waals surface area contributed by atoms with E-state index >= 15 is 0 Å². The van der Waals surface area contributed by atoms with E-state index in [0.717, 1.165) is 11.1 Å². The first-order valence-corrected chi connectivity index (χ1v) is 9.63. The molecule has 0 heterocycles. The van der Waals surface area contributed by atoms with E-state index in [1.807, 2.05) is 45.9 Å². The third-order valence-corrected chi connectivity index (χ3v) is 4.40. The third kappa shape index (κ3) is 5.87. The number of hydrogen-bond acceptors (Lipinski definition) is 5. The highest BCUT2D eigenvalue weighted by molar-refractivity contribution is 6.32. The number of rotatable bonds is 7. The zero-order valence-electron chi connectivity index (χ0n) is 17.5. The molecule has 0 unspecified atom stereocenters. The smallest absolute Gasteiger partial charge is 0.339 e. The summed E-state index contributed by atoms with van der Waals surface area (Å²) in [5, 5.41) is 3.01. The predicted octanol–water partition coefficient (Wildman–Crippen LogP) is 4.94. The van der Waals surface area contributed by atoms with Crippen LogP contribution in [0.25, 0.3) is 0 Å². The minimum absolute atomic E-state index is 0.118. The fourth-order valence-corrected chi connectivity index (χ4v) is 2.83. The van der Waals surface area contributed by atoms with Crippen molar-refractivity contribution < 1.29 is 23.8 Å². The number of aryl methyl sites for hydroxylation is 2. The summed E-state index contributed by atoms with van der Waals surface area (Å²) in [4.78, 5) is 25.0. The Balaban J connectivity index is 2.13. The summed E-state index contributed by atoms with van der Waals surface area (Å²) in [5.41, 5.74) is 2.77. The first kappa shape index (κ1) is 22.6. The van der Waals surface area contributed by atoms with Gasteiger partial charge in [-0.05, 0) is 63.9 Å². The van der Waals surface area contributed by atoms with Crippen molar-refractivity contribution in [2.75, 3.05) is 12.4 Å². The Labute approximate surface area is 176 Å². The van der Waals surface area contributed by atoms with Crippen molar-refractivity contribution in [1.82, 2.24) is 0 Å². The van der Waals surface area contributed by atoms with E-state index in [2.05, 4.69) is 5.32 Å². The van der Waals surface area contributed by atoms with Crippen molar-refractivity contribution in [3.05, 3.63) is 52.0 Å². The number of amides is 1. The number of ether oxygens (including phenoxy) is 3. The third-order valence-electron chi connectivity index (χ3n) is 4.12. The zero-order chi connectivity index (χ0) is 21.7. The maximum Gasteiger partial charge on any atom is 0.339 e. The summed E-state index contributed by atoms with van der Waals surface area (Å²) >= 11 is 6.25. The summed E-state index contributed by atoms with van der Waals surface area (Å²) in [7, 11) is 1.45. The van der Waals surface area contributed by atoms with E-state index < -0.39 is 18.0 Å². The van der Waals surface area contributed by atoms with Gasteiger partial charge >= 0.3 is 5.97 Å². The van der Waals surface area contributed by atoms with Gasteiger partial charge in [0.05, 0.1) is 23.8 Å². The van der Waals surface area contributed by atoms with Crippen molar-refractivity contribution in [2.24, 2.45) is 0 Å². The molecule has 0 bridgehead atoms. The molecule has 7 heteroatoms. The minimum Gasteiger partial charge on any atom is -0.493 e. The van der Waals surface area contributed by atoms with Crippen LogP contribution in [0.1, 0.15) is 42.3 Å². The Morgan fingerprint density at radius 2 is 1.76 bits per heavy atom. The average Bonchev–Trinajstić information content (AvgIpc) is 2.65. The van der Waals surface area contributed by atoms with Gasteiger partial charge in [-0.1, -0.05) is 23.7 Å². The van der Waals surface area contributed by atoms with Crippen LogP contribution in [-0.2, 0) is 9.53 Å². The standard InChI is InChI=1S/C22H26ClNO5/c1-12(2)28-20-17(23)10-16(11-19(20)27-6)22(26)29-15(5)21(25)24-18-9-13(3)7-8-14(18)4/h7-12,15H,1-6H3,(H,24,25)/t15-/m0/s1. The molecule has 2 aromatic rings. The number of anilines is 1. The molecule has 1 amide bonds. The summed E-state index contributed by atoms with van der Waals surface area (Å²) in [5.74, 6) is -0.457. The molecule has 0 spiro atoms. The SMILES string of the molecule is COc1cc(C(=O)O[C@@H](C)C(=O)Nc2cc(C)ccc2C)cc(Cl)c1OC(C)C. The molecule has 29 heavy (non-hydrogen) atoms. The lowest BCUT2D eigenvalue weighted by atomic mass is 10.1. The number of methoxy groups -OCH3 is 1. The molecule has 0 saturated carbocycles. The maximum atomic E-state index is 12.5. The van der Waals surface area contributed by atoms with Crippen molar-refractivity contribution >= 4 is 29.2 Å². The number of nitrogens with one attached hydrogen (secondary N) is 1. The van der Waals surface area contributed by atoms with Gasteiger partial charge in [0.15, 0.2) is 17.6 Å². The van der Waals surface area contributed by atoms with Gasteiger partial charge in [0, 0.05) is 5.69 Å². The highest BCUT2D eigenvalue weighted by Crippen LogP contribution is 2.37. The zero-order valence-corrected chi connectivity index (χ0v) is 18.2. The number of benzene rings is 2. The predicted molar refractivity (Wildman–Crippen MR) is 113 cm³/mol. The first-order valence-electron chi connectivity index (χ1n) is 9.25. The van der Waals surface area contributed by atoms with Crippen molar-refractivity contribution in [1.29, 1.82) is 0 Å². The van der Waals surface area contributed by atoms with Gasteiger partial charge in [0.25, 0.3) is 5.91 Å². The van der Waals surface area contributed by atoms with Gasteiger partial charge in [-0.3, -0.25) is 4.79 Å². The fourth-order valence-electron chi connectivity index (χ4n) is 2.57. The molecule has 0 aromatic heterocycles. The van der Waals surface area contributed by atoms with Gasteiger partial charge in [-0.25, -0.2) is 4.79 Å². The van der Waals surface area contributed by atoms with E-state index in [1.165, 1.54) is 26.2 Å². The van der Waals surface area contributed by atoms with Gasteiger partial charge < -0.3 is 19.5 Å². The van der Waals surface area contributed by atoms with Crippen LogP contribution < -0.4 is 14.8 Å². The van der Waals surface area contributed by atoms with Crippen molar-refractivity contribution in [2.45, 2.75) is 46.8 Å². The molecule has 2 rings (SSSR count). The van der Waals surface area contributed by atoms with Crippen LogP contribution in [0.3, 0.4) is 0 Å². The van der Waals surface area contributed by atoms with Gasteiger partial charge in [-0.15, -0.1) is 0 Å². The Bertz CT molecular complexity index is 910. The quantitative estimate of drug-likeness (QED) is 0.643. The van der Waals surface area contributed by atoms with Crippen LogP contribution in [0, 0.1) is 13.8 Å². The Morgan fingerprint density at radius 3 is 2.38 bits per heavy atom. The molecule has 1 N–H and O–H groups in total. The number of carbonyl (C=O) groups is 2. The van der Waals surface area contributed by atoms with Crippen molar-refractivity contribution in [3.63, 3.8) is 0 Å². The molecule has 2 aromatic carbocycles. The van der Waals surface area contributed by atoms with Crippen LogP contribution >= 0.6 is 11.6 Å². The molecule has 1 atom stereocenters. The van der Waals surface area contributed by atoms with E-state index in [1.54, 1.807) is 0 Å². The lowest BCUT2D eigenvalue weighted by Gasteiger charge is -2.17. The van der Waals surface area contributed by atoms with Crippen LogP contribution in [0.15, 0.2) is 30.3 Å². The lowest BCUT2D eigenvalue weighted by molar-refractivity contribution is -0.123. The Hall–Kier alpha value is -2.73. The molecular weight excluding hydrogens is 394 g/mol. The summed E-state index contributed by atoms with van der Waals surface area (Å²) in [6.45, 7) is 9.04. The van der Waals surface area contributed by atoms with Gasteiger partial charge in [0.1, 0.15) is 0 Å². The largest absolute Gasteiger partial charge is 0.493 e. The lowest BCUT2D eigenvalue weighted by Crippen LogP contribution is -2.30. The second kappa shape index (κ2) is 9.65. The van der Waals surface area contributed by atoms with E-state index in [9.17, 15) is 9.59 Å². The maximum absolute atomic E-state index is 12.5. The average molecular weight is 420 g/mol.